The summed E-state index contributed by atoms with van der Waals surface area (Å²) in [6.45, 7) is 4.00. The van der Waals surface area contributed by atoms with E-state index in [4.69, 9.17) is 10.8 Å². The number of nitrogens with two attached hydrogens (primary N) is 1. The Kier molecular flexibility index (Phi) is 4.20. The highest BCUT2D eigenvalue weighted by Gasteiger charge is 2.15. The summed E-state index contributed by atoms with van der Waals surface area (Å²) in [6.07, 6.45) is 1.86. The van der Waals surface area contributed by atoms with Crippen LogP contribution in [0.15, 0.2) is 22.8 Å². The van der Waals surface area contributed by atoms with E-state index in [1.807, 2.05) is 26.0 Å². The first-order chi connectivity index (χ1) is 9.38. The molecule has 1 aromatic carbocycles. The average Bonchev–Trinajstić information content (AvgIpc) is 2.83. The molecule has 1 aromatic heterocycles. The van der Waals surface area contributed by atoms with Crippen LogP contribution in [0.5, 0.6) is 0 Å². The molecule has 1 heterocycles. The first kappa shape index (κ1) is 14.7. The number of halogens is 1. The van der Waals surface area contributed by atoms with Crippen LogP contribution in [-0.2, 0) is 11.2 Å². The van der Waals surface area contributed by atoms with E-state index in [0.717, 1.165) is 21.3 Å². The molecular formula is C13H15BrN4O2. The second kappa shape index (κ2) is 5.72. The highest BCUT2D eigenvalue weighted by atomic mass is 79.9. The maximum absolute atomic E-state index is 10.7. The second-order valence-electron chi connectivity index (χ2n) is 4.70. The van der Waals surface area contributed by atoms with E-state index in [1.54, 1.807) is 10.9 Å². The predicted octanol–water partition coefficient (Wildman–Crippen LogP) is 1.60. The molecule has 0 saturated carbocycles. The van der Waals surface area contributed by atoms with Crippen LogP contribution in [0.1, 0.15) is 16.8 Å². The van der Waals surface area contributed by atoms with Crippen LogP contribution < -0.4 is 5.73 Å². The van der Waals surface area contributed by atoms with Crippen LogP contribution in [-0.4, -0.2) is 32.1 Å². The monoisotopic (exact) mass is 338 g/mol. The van der Waals surface area contributed by atoms with E-state index in [1.165, 1.54) is 0 Å². The van der Waals surface area contributed by atoms with Gasteiger partial charge in [-0.3, -0.25) is 4.79 Å². The number of rotatable bonds is 4. The summed E-state index contributed by atoms with van der Waals surface area (Å²) in [6, 6.07) is 2.99. The molecule has 2 aromatic rings. The van der Waals surface area contributed by atoms with Crippen molar-refractivity contribution in [1.29, 1.82) is 0 Å². The smallest absolute Gasteiger partial charge is 0.320 e. The number of aryl methyl sites for hydroxylation is 2. The first-order valence-corrected chi connectivity index (χ1v) is 6.84. The standard InChI is InChI=1S/C13H15BrN4O2/c1-7-3-10(4-8(2)12(7)14)18-6-9(16-17-18)5-11(15)13(19)20/h3-4,6,11H,5,15H2,1-2H3,(H,19,20). The number of hydrogen-bond acceptors (Lipinski definition) is 4. The molecule has 0 aliphatic rings. The fourth-order valence-corrected chi connectivity index (χ4v) is 2.11. The van der Waals surface area contributed by atoms with Crippen LogP contribution in [0.2, 0.25) is 0 Å². The van der Waals surface area contributed by atoms with Gasteiger partial charge in [-0.25, -0.2) is 4.68 Å². The fourth-order valence-electron chi connectivity index (χ4n) is 1.89. The van der Waals surface area contributed by atoms with Gasteiger partial charge in [-0.2, -0.15) is 0 Å². The molecule has 7 heteroatoms. The Morgan fingerprint density at radius 2 is 2.05 bits per heavy atom. The quantitative estimate of drug-likeness (QED) is 0.882. The number of carbonyl (C=O) groups is 1. The second-order valence-corrected chi connectivity index (χ2v) is 5.49. The molecule has 0 saturated heterocycles. The van der Waals surface area contributed by atoms with Crippen molar-refractivity contribution in [2.75, 3.05) is 0 Å². The van der Waals surface area contributed by atoms with Gasteiger partial charge < -0.3 is 10.8 Å². The molecule has 0 radical (unpaired) electrons. The van der Waals surface area contributed by atoms with Gasteiger partial charge in [-0.1, -0.05) is 21.1 Å². The van der Waals surface area contributed by atoms with Gasteiger partial charge in [-0.15, -0.1) is 5.10 Å². The minimum atomic E-state index is -1.05. The van der Waals surface area contributed by atoms with Gasteiger partial charge in [-0.05, 0) is 37.1 Å². The zero-order valence-electron chi connectivity index (χ0n) is 11.2. The van der Waals surface area contributed by atoms with E-state index < -0.39 is 12.0 Å². The molecule has 106 valence electrons. The molecule has 3 N–H and O–H groups in total. The van der Waals surface area contributed by atoms with Crippen molar-refractivity contribution >= 4 is 21.9 Å². The third-order valence-electron chi connectivity index (χ3n) is 2.97. The first-order valence-electron chi connectivity index (χ1n) is 6.05. The normalized spacial score (nSPS) is 12.4. The fraction of sp³-hybridized carbons (Fsp3) is 0.308. The highest BCUT2D eigenvalue weighted by Crippen LogP contribution is 2.24. The number of carboxylic acid groups (broad SMARTS) is 1. The lowest BCUT2D eigenvalue weighted by molar-refractivity contribution is -0.138. The van der Waals surface area contributed by atoms with Gasteiger partial charge in [0.1, 0.15) is 6.04 Å². The van der Waals surface area contributed by atoms with E-state index in [0.29, 0.717) is 5.69 Å². The summed E-state index contributed by atoms with van der Waals surface area (Å²) in [7, 11) is 0. The third kappa shape index (κ3) is 3.05. The molecule has 0 bridgehead atoms. The number of hydrogen-bond donors (Lipinski definition) is 2. The molecular weight excluding hydrogens is 324 g/mol. The van der Waals surface area contributed by atoms with Gasteiger partial charge in [0.15, 0.2) is 0 Å². The Morgan fingerprint density at radius 1 is 1.45 bits per heavy atom. The van der Waals surface area contributed by atoms with Gasteiger partial charge in [0, 0.05) is 10.9 Å². The predicted molar refractivity (Wildman–Crippen MR) is 77.8 cm³/mol. The lowest BCUT2D eigenvalue weighted by Gasteiger charge is -2.07. The number of carboxylic acids is 1. The molecule has 0 aliphatic carbocycles. The SMILES string of the molecule is Cc1cc(-n2cc(CC(N)C(=O)O)nn2)cc(C)c1Br. The molecule has 0 fully saturated rings. The molecule has 0 spiro atoms. The van der Waals surface area contributed by atoms with E-state index >= 15 is 0 Å². The Morgan fingerprint density at radius 3 is 2.60 bits per heavy atom. The Bertz CT molecular complexity index is 631. The van der Waals surface area contributed by atoms with Crippen molar-refractivity contribution in [3.05, 3.63) is 39.6 Å². The summed E-state index contributed by atoms with van der Waals surface area (Å²) in [4.78, 5) is 10.7. The summed E-state index contributed by atoms with van der Waals surface area (Å²) >= 11 is 3.51. The summed E-state index contributed by atoms with van der Waals surface area (Å²) in [5.74, 6) is -1.05. The number of aromatic nitrogens is 3. The van der Waals surface area contributed by atoms with Crippen molar-refractivity contribution in [3.63, 3.8) is 0 Å². The highest BCUT2D eigenvalue weighted by molar-refractivity contribution is 9.10. The Balaban J connectivity index is 2.27. The molecule has 20 heavy (non-hydrogen) atoms. The maximum atomic E-state index is 10.7. The van der Waals surface area contributed by atoms with Crippen LogP contribution in [0.3, 0.4) is 0 Å². The summed E-state index contributed by atoms with van der Waals surface area (Å²) in [5.41, 5.74) is 9.11. The van der Waals surface area contributed by atoms with Gasteiger partial charge in [0.2, 0.25) is 0 Å². The van der Waals surface area contributed by atoms with Crippen molar-refractivity contribution in [2.24, 2.45) is 5.73 Å². The molecule has 1 unspecified atom stereocenters. The van der Waals surface area contributed by atoms with E-state index in [2.05, 4.69) is 26.2 Å². The third-order valence-corrected chi connectivity index (χ3v) is 4.22. The minimum Gasteiger partial charge on any atom is -0.480 e. The zero-order valence-corrected chi connectivity index (χ0v) is 12.8. The van der Waals surface area contributed by atoms with Crippen LogP contribution in [0.4, 0.5) is 0 Å². The van der Waals surface area contributed by atoms with Crippen LogP contribution in [0.25, 0.3) is 5.69 Å². The van der Waals surface area contributed by atoms with Crippen molar-refractivity contribution < 1.29 is 9.90 Å². The summed E-state index contributed by atoms with van der Waals surface area (Å²) < 4.78 is 2.69. The number of aliphatic carboxylic acids is 1. The largest absolute Gasteiger partial charge is 0.480 e. The zero-order chi connectivity index (χ0) is 14.9. The number of benzene rings is 1. The lowest BCUT2D eigenvalue weighted by Crippen LogP contribution is -2.32. The van der Waals surface area contributed by atoms with Crippen molar-refractivity contribution in [2.45, 2.75) is 26.3 Å². The van der Waals surface area contributed by atoms with Crippen LogP contribution >= 0.6 is 15.9 Å². The molecule has 0 aliphatic heterocycles. The number of nitrogens with zero attached hydrogens (tertiary/aromatic N) is 3. The average molecular weight is 339 g/mol. The van der Waals surface area contributed by atoms with Crippen LogP contribution in [0, 0.1) is 13.8 Å². The molecule has 2 rings (SSSR count). The molecule has 0 amide bonds. The van der Waals surface area contributed by atoms with Gasteiger partial charge in [0.25, 0.3) is 0 Å². The Labute approximate surface area is 124 Å². The molecule has 6 nitrogen and oxygen atoms in total. The summed E-state index contributed by atoms with van der Waals surface area (Å²) in [5, 5.41) is 16.8. The van der Waals surface area contributed by atoms with Gasteiger partial charge in [0.05, 0.1) is 17.6 Å². The van der Waals surface area contributed by atoms with Gasteiger partial charge >= 0.3 is 5.97 Å². The minimum absolute atomic E-state index is 0.157. The Hall–Kier alpha value is -1.73. The lowest BCUT2D eigenvalue weighted by atomic mass is 10.1. The van der Waals surface area contributed by atoms with Crippen molar-refractivity contribution in [1.82, 2.24) is 15.0 Å². The van der Waals surface area contributed by atoms with E-state index in [-0.39, 0.29) is 6.42 Å². The van der Waals surface area contributed by atoms with E-state index in [9.17, 15) is 4.79 Å². The van der Waals surface area contributed by atoms with Crippen molar-refractivity contribution in [3.8, 4) is 5.69 Å². The topological polar surface area (TPSA) is 94.0 Å². The maximum Gasteiger partial charge on any atom is 0.320 e. The molecule has 1 atom stereocenters.